The number of nitrogens with zero attached hydrogens (tertiary/aromatic N) is 1. The summed E-state index contributed by atoms with van der Waals surface area (Å²) in [5.41, 5.74) is 0.591. The van der Waals surface area contributed by atoms with Gasteiger partial charge >= 0.3 is 0 Å². The molecule has 0 aliphatic carbocycles. The van der Waals surface area contributed by atoms with Gasteiger partial charge < -0.3 is 4.74 Å². The molecule has 0 spiro atoms. The summed E-state index contributed by atoms with van der Waals surface area (Å²) in [5, 5.41) is 8.76. The van der Waals surface area contributed by atoms with Gasteiger partial charge in [-0.3, -0.25) is 0 Å². The summed E-state index contributed by atoms with van der Waals surface area (Å²) in [6.45, 7) is 0. The third-order valence-electron chi connectivity index (χ3n) is 1.33. The molecule has 12 heavy (non-hydrogen) atoms. The molecule has 4 heteroatoms. The van der Waals surface area contributed by atoms with Crippen LogP contribution in [-0.4, -0.2) is 7.11 Å². The molecule has 0 aliphatic heterocycles. The summed E-state index contributed by atoms with van der Waals surface area (Å²) < 4.78 is 7.11. The van der Waals surface area contributed by atoms with E-state index in [-0.39, 0.29) is 0 Å². The molecule has 0 fully saturated rings. The molecule has 2 nitrogen and oxygen atoms in total. The number of hydrogen-bond acceptors (Lipinski definition) is 2. The SMILES string of the molecule is COc1c(I)cc(I)cc1C#N. The second kappa shape index (κ2) is 4.28. The summed E-state index contributed by atoms with van der Waals surface area (Å²) in [6, 6.07) is 5.87. The minimum Gasteiger partial charge on any atom is -0.494 e. The van der Waals surface area contributed by atoms with Gasteiger partial charge in [0, 0.05) is 3.57 Å². The minimum atomic E-state index is 0.591. The topological polar surface area (TPSA) is 33.0 Å². The summed E-state index contributed by atoms with van der Waals surface area (Å²) in [4.78, 5) is 0. The average Bonchev–Trinajstić information content (AvgIpc) is 2.03. The van der Waals surface area contributed by atoms with E-state index < -0.39 is 0 Å². The average molecular weight is 385 g/mol. The van der Waals surface area contributed by atoms with Crippen molar-refractivity contribution in [3.63, 3.8) is 0 Å². The normalized spacial score (nSPS) is 9.17. The molecular formula is C8H5I2NO. The van der Waals surface area contributed by atoms with Crippen LogP contribution in [0.25, 0.3) is 0 Å². The van der Waals surface area contributed by atoms with Crippen molar-refractivity contribution < 1.29 is 4.74 Å². The van der Waals surface area contributed by atoms with Gasteiger partial charge in [-0.25, -0.2) is 0 Å². The van der Waals surface area contributed by atoms with Crippen LogP contribution < -0.4 is 4.74 Å². The molecule has 0 atom stereocenters. The van der Waals surface area contributed by atoms with Gasteiger partial charge in [0.15, 0.2) is 0 Å². The van der Waals surface area contributed by atoms with Gasteiger partial charge in [-0.15, -0.1) is 0 Å². The Kier molecular flexibility index (Phi) is 3.58. The highest BCUT2D eigenvalue weighted by Crippen LogP contribution is 2.27. The van der Waals surface area contributed by atoms with E-state index in [1.807, 2.05) is 12.1 Å². The standard InChI is InChI=1S/C8H5I2NO/c1-12-8-5(4-11)2-6(9)3-7(8)10/h2-3H,1H3. The monoisotopic (exact) mass is 385 g/mol. The first-order valence-electron chi connectivity index (χ1n) is 3.12. The van der Waals surface area contributed by atoms with Crippen molar-refractivity contribution in [3.8, 4) is 11.8 Å². The molecule has 0 N–H and O–H groups in total. The Morgan fingerprint density at radius 3 is 2.58 bits per heavy atom. The Hall–Kier alpha value is -0.0300. The molecule has 0 aromatic heterocycles. The van der Waals surface area contributed by atoms with Crippen molar-refractivity contribution in [3.05, 3.63) is 24.8 Å². The van der Waals surface area contributed by atoms with Gasteiger partial charge in [0.1, 0.15) is 11.8 Å². The fourth-order valence-corrected chi connectivity index (χ4v) is 2.92. The molecule has 1 aromatic carbocycles. The Bertz CT molecular complexity index is 344. The highest BCUT2D eigenvalue weighted by molar-refractivity contribution is 14.1. The lowest BCUT2D eigenvalue weighted by Crippen LogP contribution is -1.92. The van der Waals surface area contributed by atoms with Gasteiger partial charge in [0.25, 0.3) is 0 Å². The first kappa shape index (κ1) is 10.1. The highest BCUT2D eigenvalue weighted by Gasteiger charge is 2.07. The maximum Gasteiger partial charge on any atom is 0.149 e. The van der Waals surface area contributed by atoms with E-state index in [4.69, 9.17) is 10.00 Å². The lowest BCUT2D eigenvalue weighted by molar-refractivity contribution is 0.410. The maximum atomic E-state index is 8.76. The number of hydrogen-bond donors (Lipinski definition) is 0. The number of nitriles is 1. The smallest absolute Gasteiger partial charge is 0.149 e. The number of ether oxygens (including phenoxy) is 1. The van der Waals surface area contributed by atoms with Crippen molar-refractivity contribution in [2.75, 3.05) is 7.11 Å². The molecule has 0 amide bonds. The summed E-state index contributed by atoms with van der Waals surface area (Å²) in [7, 11) is 1.57. The second-order valence-electron chi connectivity index (χ2n) is 2.08. The molecule has 0 aliphatic rings. The largest absolute Gasteiger partial charge is 0.494 e. The molecule has 0 unspecified atom stereocenters. The van der Waals surface area contributed by atoms with E-state index >= 15 is 0 Å². The third kappa shape index (κ3) is 2.01. The van der Waals surface area contributed by atoms with Crippen LogP contribution in [0.2, 0.25) is 0 Å². The van der Waals surface area contributed by atoms with Crippen LogP contribution in [0.3, 0.4) is 0 Å². The summed E-state index contributed by atoms with van der Waals surface area (Å²) in [6.07, 6.45) is 0. The van der Waals surface area contributed by atoms with Gasteiger partial charge in [-0.2, -0.15) is 5.26 Å². The van der Waals surface area contributed by atoms with E-state index in [1.165, 1.54) is 0 Å². The zero-order valence-corrected chi connectivity index (χ0v) is 10.6. The Morgan fingerprint density at radius 1 is 1.42 bits per heavy atom. The van der Waals surface area contributed by atoms with Gasteiger partial charge in [-0.1, -0.05) is 0 Å². The van der Waals surface area contributed by atoms with Crippen molar-refractivity contribution in [2.45, 2.75) is 0 Å². The van der Waals surface area contributed by atoms with Gasteiger partial charge in [0.2, 0.25) is 0 Å². The van der Waals surface area contributed by atoms with Crippen LogP contribution in [-0.2, 0) is 0 Å². The van der Waals surface area contributed by atoms with Gasteiger partial charge in [0.05, 0.1) is 16.2 Å². The van der Waals surface area contributed by atoms with Gasteiger partial charge in [-0.05, 0) is 57.3 Å². The fourth-order valence-electron chi connectivity index (χ4n) is 0.851. The van der Waals surface area contributed by atoms with Crippen LogP contribution >= 0.6 is 45.2 Å². The molecule has 0 saturated heterocycles. The molecule has 1 aromatic rings. The van der Waals surface area contributed by atoms with E-state index in [2.05, 4.69) is 51.3 Å². The van der Waals surface area contributed by atoms with Crippen LogP contribution in [0, 0.1) is 18.5 Å². The Morgan fingerprint density at radius 2 is 2.08 bits per heavy atom. The molecule has 1 rings (SSSR count). The molecule has 62 valence electrons. The lowest BCUT2D eigenvalue weighted by atomic mass is 10.2. The van der Waals surface area contributed by atoms with Crippen LogP contribution in [0.1, 0.15) is 5.56 Å². The lowest BCUT2D eigenvalue weighted by Gasteiger charge is -2.05. The maximum absolute atomic E-state index is 8.76. The summed E-state index contributed by atoms with van der Waals surface area (Å²) >= 11 is 4.33. The number of benzene rings is 1. The molecule has 0 bridgehead atoms. The Balaban J connectivity index is 3.36. The molecule has 0 heterocycles. The number of halogens is 2. The van der Waals surface area contributed by atoms with Crippen molar-refractivity contribution in [2.24, 2.45) is 0 Å². The molecular weight excluding hydrogens is 380 g/mol. The number of methoxy groups -OCH3 is 1. The zero-order chi connectivity index (χ0) is 9.14. The van der Waals surface area contributed by atoms with Crippen molar-refractivity contribution in [1.29, 1.82) is 5.26 Å². The molecule has 0 radical (unpaired) electrons. The first-order chi connectivity index (χ1) is 5.69. The van der Waals surface area contributed by atoms with E-state index in [0.717, 1.165) is 7.14 Å². The predicted molar refractivity (Wildman–Crippen MR) is 63.1 cm³/mol. The van der Waals surface area contributed by atoms with Crippen LogP contribution in [0.4, 0.5) is 0 Å². The van der Waals surface area contributed by atoms with Crippen LogP contribution in [0.15, 0.2) is 12.1 Å². The summed E-state index contributed by atoms with van der Waals surface area (Å²) in [5.74, 6) is 0.665. The Labute approximate surface area is 98.2 Å². The van der Waals surface area contributed by atoms with Crippen molar-refractivity contribution in [1.82, 2.24) is 0 Å². The first-order valence-corrected chi connectivity index (χ1v) is 5.28. The number of rotatable bonds is 1. The fraction of sp³-hybridized carbons (Fsp3) is 0.125. The zero-order valence-electron chi connectivity index (χ0n) is 6.27. The van der Waals surface area contributed by atoms with Crippen molar-refractivity contribution >= 4 is 45.2 Å². The van der Waals surface area contributed by atoms with E-state index in [9.17, 15) is 0 Å². The predicted octanol–water partition coefficient (Wildman–Crippen LogP) is 2.78. The quantitative estimate of drug-likeness (QED) is 0.697. The minimum absolute atomic E-state index is 0.591. The van der Waals surface area contributed by atoms with E-state index in [0.29, 0.717) is 11.3 Å². The van der Waals surface area contributed by atoms with E-state index in [1.54, 1.807) is 7.11 Å². The third-order valence-corrected chi connectivity index (χ3v) is 2.76. The van der Waals surface area contributed by atoms with Crippen LogP contribution in [0.5, 0.6) is 5.75 Å². The molecule has 0 saturated carbocycles. The second-order valence-corrected chi connectivity index (χ2v) is 4.49. The highest BCUT2D eigenvalue weighted by atomic mass is 127.